The van der Waals surface area contributed by atoms with Crippen molar-refractivity contribution < 1.29 is 4.79 Å². The van der Waals surface area contributed by atoms with Crippen molar-refractivity contribution >= 4 is 5.78 Å². The minimum atomic E-state index is 0.160. The minimum absolute atomic E-state index is 0.160. The molecule has 3 aromatic carbocycles. The third kappa shape index (κ3) is 2.78. The van der Waals surface area contributed by atoms with Crippen molar-refractivity contribution in [2.45, 2.75) is 25.7 Å². The molecule has 118 valence electrons. The van der Waals surface area contributed by atoms with Crippen LogP contribution in [0.4, 0.5) is 0 Å². The standard InChI is InChI=1S/C14H10O.C9H10/c15-14-12-7-3-1-5-10(12)9-11-6-2-4-8-13(11)14;1-2-5-9-7-3-6-8(9)4-1/h1-8H,9H2;1-2,4-5H,3,6-7H2. The molecule has 24 heavy (non-hydrogen) atoms. The van der Waals surface area contributed by atoms with Gasteiger partial charge in [0, 0.05) is 11.1 Å². The fourth-order valence-electron chi connectivity index (χ4n) is 3.66. The van der Waals surface area contributed by atoms with Crippen molar-refractivity contribution in [3.63, 3.8) is 0 Å². The Kier molecular flexibility index (Phi) is 4.00. The van der Waals surface area contributed by atoms with E-state index in [0.29, 0.717) is 0 Å². The molecule has 0 heterocycles. The summed E-state index contributed by atoms with van der Waals surface area (Å²) in [6, 6.07) is 24.4. The van der Waals surface area contributed by atoms with Gasteiger partial charge in [-0.25, -0.2) is 0 Å². The molecular weight excluding hydrogens is 292 g/mol. The predicted molar refractivity (Wildman–Crippen MR) is 97.6 cm³/mol. The van der Waals surface area contributed by atoms with Gasteiger partial charge in [-0.05, 0) is 47.9 Å². The molecule has 0 radical (unpaired) electrons. The maximum atomic E-state index is 12.1. The van der Waals surface area contributed by atoms with Gasteiger partial charge in [-0.1, -0.05) is 72.8 Å². The molecule has 5 rings (SSSR count). The molecule has 0 fully saturated rings. The summed E-state index contributed by atoms with van der Waals surface area (Å²) < 4.78 is 0. The van der Waals surface area contributed by atoms with E-state index in [-0.39, 0.29) is 5.78 Å². The minimum Gasteiger partial charge on any atom is -0.289 e. The summed E-state index contributed by atoms with van der Waals surface area (Å²) in [5.74, 6) is 0.160. The fraction of sp³-hybridized carbons (Fsp3) is 0.174. The first-order valence-corrected chi connectivity index (χ1v) is 8.60. The summed E-state index contributed by atoms with van der Waals surface area (Å²) in [4.78, 5) is 12.1. The fourth-order valence-corrected chi connectivity index (χ4v) is 3.66. The Balaban J connectivity index is 0.000000138. The summed E-state index contributed by atoms with van der Waals surface area (Å²) in [6.07, 6.45) is 4.84. The molecule has 0 N–H and O–H groups in total. The quantitative estimate of drug-likeness (QED) is 0.447. The topological polar surface area (TPSA) is 17.1 Å². The molecule has 0 bridgehead atoms. The second kappa shape index (κ2) is 6.45. The van der Waals surface area contributed by atoms with Gasteiger partial charge < -0.3 is 0 Å². The zero-order valence-corrected chi connectivity index (χ0v) is 13.7. The van der Waals surface area contributed by atoms with Crippen LogP contribution in [0, 0.1) is 0 Å². The maximum Gasteiger partial charge on any atom is 0.193 e. The molecule has 0 aromatic heterocycles. The van der Waals surface area contributed by atoms with Crippen LogP contribution >= 0.6 is 0 Å². The lowest BCUT2D eigenvalue weighted by molar-refractivity contribution is 0.103. The Morgan fingerprint density at radius 2 is 0.958 bits per heavy atom. The van der Waals surface area contributed by atoms with Crippen LogP contribution in [0.5, 0.6) is 0 Å². The van der Waals surface area contributed by atoms with Crippen LogP contribution in [-0.4, -0.2) is 5.78 Å². The molecule has 0 spiro atoms. The largest absolute Gasteiger partial charge is 0.289 e. The monoisotopic (exact) mass is 312 g/mol. The first-order chi connectivity index (χ1) is 11.8. The third-order valence-corrected chi connectivity index (χ3v) is 4.92. The Bertz CT molecular complexity index is 821. The highest BCUT2D eigenvalue weighted by atomic mass is 16.1. The van der Waals surface area contributed by atoms with E-state index in [1.807, 2.05) is 48.5 Å². The SMILES string of the molecule is O=C1c2ccccc2Cc2ccccc21.c1ccc2c(c1)CCC2. The average Bonchev–Trinajstić information content (AvgIpc) is 3.11. The Labute approximate surface area is 143 Å². The first-order valence-electron chi connectivity index (χ1n) is 8.60. The number of aryl methyl sites for hydroxylation is 2. The molecule has 0 atom stereocenters. The average molecular weight is 312 g/mol. The van der Waals surface area contributed by atoms with Crippen LogP contribution < -0.4 is 0 Å². The summed E-state index contributed by atoms with van der Waals surface area (Å²) in [5.41, 5.74) is 7.13. The molecule has 2 aliphatic carbocycles. The summed E-state index contributed by atoms with van der Waals surface area (Å²) in [5, 5.41) is 0. The summed E-state index contributed by atoms with van der Waals surface area (Å²) in [6.45, 7) is 0. The predicted octanol–water partition coefficient (Wildman–Crippen LogP) is 5.00. The van der Waals surface area contributed by atoms with E-state index < -0.39 is 0 Å². The molecule has 2 aliphatic rings. The smallest absolute Gasteiger partial charge is 0.193 e. The van der Waals surface area contributed by atoms with E-state index >= 15 is 0 Å². The van der Waals surface area contributed by atoms with Crippen molar-refractivity contribution in [3.05, 3.63) is 106 Å². The number of carbonyl (C=O) groups is 1. The Hall–Kier alpha value is -2.67. The molecular formula is C23H20O. The van der Waals surface area contributed by atoms with E-state index in [1.165, 1.54) is 19.3 Å². The van der Waals surface area contributed by atoms with E-state index in [0.717, 1.165) is 28.7 Å². The van der Waals surface area contributed by atoms with Gasteiger partial charge in [-0.15, -0.1) is 0 Å². The number of fused-ring (bicyclic) bond motifs is 3. The lowest BCUT2D eigenvalue weighted by Gasteiger charge is -2.17. The van der Waals surface area contributed by atoms with Crippen molar-refractivity contribution in [1.82, 2.24) is 0 Å². The molecule has 0 aliphatic heterocycles. The van der Waals surface area contributed by atoms with Gasteiger partial charge in [-0.2, -0.15) is 0 Å². The lowest BCUT2D eigenvalue weighted by Crippen LogP contribution is -2.14. The summed E-state index contributed by atoms with van der Waals surface area (Å²) in [7, 11) is 0. The molecule has 0 saturated carbocycles. The van der Waals surface area contributed by atoms with Crippen LogP contribution in [0.1, 0.15) is 44.6 Å². The molecule has 0 amide bonds. The first kappa shape index (κ1) is 14.9. The number of hydrogen-bond donors (Lipinski definition) is 0. The number of hydrogen-bond acceptors (Lipinski definition) is 1. The van der Waals surface area contributed by atoms with Gasteiger partial charge in [0.1, 0.15) is 0 Å². The Morgan fingerprint density at radius 1 is 0.542 bits per heavy atom. The van der Waals surface area contributed by atoms with Gasteiger partial charge in [0.2, 0.25) is 0 Å². The normalized spacial score (nSPS) is 14.1. The van der Waals surface area contributed by atoms with Gasteiger partial charge in [0.25, 0.3) is 0 Å². The summed E-state index contributed by atoms with van der Waals surface area (Å²) >= 11 is 0. The van der Waals surface area contributed by atoms with E-state index in [2.05, 4.69) is 24.3 Å². The van der Waals surface area contributed by atoms with Crippen LogP contribution in [0.15, 0.2) is 72.8 Å². The van der Waals surface area contributed by atoms with Gasteiger partial charge >= 0.3 is 0 Å². The maximum absolute atomic E-state index is 12.1. The van der Waals surface area contributed by atoms with E-state index in [9.17, 15) is 4.79 Å². The van der Waals surface area contributed by atoms with Crippen LogP contribution in [0.25, 0.3) is 0 Å². The Morgan fingerprint density at radius 3 is 1.46 bits per heavy atom. The van der Waals surface area contributed by atoms with Gasteiger partial charge in [-0.3, -0.25) is 4.79 Å². The second-order valence-electron chi connectivity index (χ2n) is 6.44. The molecule has 0 saturated heterocycles. The zero-order chi connectivity index (χ0) is 16.4. The number of carbonyl (C=O) groups excluding carboxylic acids is 1. The van der Waals surface area contributed by atoms with Crippen molar-refractivity contribution in [2.24, 2.45) is 0 Å². The molecule has 1 nitrogen and oxygen atoms in total. The zero-order valence-electron chi connectivity index (χ0n) is 13.7. The number of rotatable bonds is 0. The highest BCUT2D eigenvalue weighted by Crippen LogP contribution is 2.26. The van der Waals surface area contributed by atoms with Crippen molar-refractivity contribution in [1.29, 1.82) is 0 Å². The van der Waals surface area contributed by atoms with Crippen LogP contribution in [-0.2, 0) is 19.3 Å². The van der Waals surface area contributed by atoms with E-state index in [1.54, 1.807) is 11.1 Å². The van der Waals surface area contributed by atoms with Crippen molar-refractivity contribution in [3.8, 4) is 0 Å². The third-order valence-electron chi connectivity index (χ3n) is 4.92. The second-order valence-corrected chi connectivity index (χ2v) is 6.44. The molecule has 3 aromatic rings. The van der Waals surface area contributed by atoms with Crippen LogP contribution in [0.3, 0.4) is 0 Å². The van der Waals surface area contributed by atoms with Gasteiger partial charge in [0.05, 0.1) is 0 Å². The van der Waals surface area contributed by atoms with Crippen molar-refractivity contribution in [2.75, 3.05) is 0 Å². The lowest BCUT2D eigenvalue weighted by atomic mass is 9.85. The highest BCUT2D eigenvalue weighted by molar-refractivity contribution is 6.12. The number of ketones is 1. The molecule has 1 heteroatoms. The number of benzene rings is 3. The highest BCUT2D eigenvalue weighted by Gasteiger charge is 2.21. The molecule has 0 unspecified atom stereocenters. The van der Waals surface area contributed by atoms with E-state index in [4.69, 9.17) is 0 Å². The van der Waals surface area contributed by atoms with Crippen LogP contribution in [0.2, 0.25) is 0 Å². The van der Waals surface area contributed by atoms with Gasteiger partial charge in [0.15, 0.2) is 5.78 Å².